The van der Waals surface area contributed by atoms with E-state index in [-0.39, 0.29) is 11.5 Å². The smallest absolute Gasteiger partial charge is 0.154 e. The summed E-state index contributed by atoms with van der Waals surface area (Å²) in [6, 6.07) is 17.4. The van der Waals surface area contributed by atoms with Gasteiger partial charge in [-0.2, -0.15) is 0 Å². The molecule has 0 fully saturated rings. The van der Waals surface area contributed by atoms with Gasteiger partial charge >= 0.3 is 0 Å². The molecule has 0 saturated heterocycles. The largest absolute Gasteiger partial charge is 0.228 e. The zero-order valence-electron chi connectivity index (χ0n) is 11.0. The van der Waals surface area contributed by atoms with Crippen LogP contribution in [0.1, 0.15) is 16.7 Å². The van der Waals surface area contributed by atoms with Crippen LogP contribution in [0.3, 0.4) is 0 Å². The zero-order chi connectivity index (χ0) is 13.7. The summed E-state index contributed by atoms with van der Waals surface area (Å²) < 4.78 is 24.3. The van der Waals surface area contributed by atoms with E-state index >= 15 is 0 Å². The van der Waals surface area contributed by atoms with Crippen LogP contribution in [0.15, 0.2) is 54.6 Å². The van der Waals surface area contributed by atoms with Gasteiger partial charge in [0.25, 0.3) is 0 Å². The van der Waals surface area contributed by atoms with E-state index in [0.717, 1.165) is 16.7 Å². The standard InChI is InChI=1S/C16H18O2S/c1-14-7-5-6-10-16(14)13-19(17,18)12-11-15-8-3-2-4-9-15/h2-10H,11-13H2,1H3. The van der Waals surface area contributed by atoms with Crippen molar-refractivity contribution in [3.05, 3.63) is 71.3 Å². The third-order valence-electron chi connectivity index (χ3n) is 3.18. The van der Waals surface area contributed by atoms with Gasteiger partial charge in [0.1, 0.15) is 0 Å². The molecule has 0 aliphatic heterocycles. The van der Waals surface area contributed by atoms with Crippen molar-refractivity contribution in [1.29, 1.82) is 0 Å². The summed E-state index contributed by atoms with van der Waals surface area (Å²) in [5.41, 5.74) is 3.00. The van der Waals surface area contributed by atoms with Crippen molar-refractivity contribution in [1.82, 2.24) is 0 Å². The Bertz CT molecular complexity index is 631. The molecule has 0 atom stereocenters. The second-order valence-electron chi connectivity index (χ2n) is 4.75. The van der Waals surface area contributed by atoms with Crippen LogP contribution in [0.5, 0.6) is 0 Å². The molecule has 0 bridgehead atoms. The van der Waals surface area contributed by atoms with Gasteiger partial charge in [-0.15, -0.1) is 0 Å². The van der Waals surface area contributed by atoms with Crippen molar-refractivity contribution in [2.24, 2.45) is 0 Å². The van der Waals surface area contributed by atoms with Crippen LogP contribution in [0.25, 0.3) is 0 Å². The van der Waals surface area contributed by atoms with Crippen LogP contribution in [0.4, 0.5) is 0 Å². The average Bonchev–Trinajstić information content (AvgIpc) is 2.40. The highest BCUT2D eigenvalue weighted by Gasteiger charge is 2.13. The Morgan fingerprint density at radius 2 is 1.53 bits per heavy atom. The van der Waals surface area contributed by atoms with E-state index < -0.39 is 9.84 Å². The maximum absolute atomic E-state index is 12.1. The molecule has 0 radical (unpaired) electrons. The molecule has 2 aromatic carbocycles. The first-order chi connectivity index (χ1) is 9.07. The van der Waals surface area contributed by atoms with Crippen molar-refractivity contribution >= 4 is 9.84 Å². The van der Waals surface area contributed by atoms with Crippen LogP contribution in [0.2, 0.25) is 0 Å². The summed E-state index contributed by atoms with van der Waals surface area (Å²) >= 11 is 0. The number of aryl methyl sites for hydroxylation is 2. The molecule has 2 aromatic rings. The van der Waals surface area contributed by atoms with Gasteiger partial charge in [-0.1, -0.05) is 54.6 Å². The van der Waals surface area contributed by atoms with E-state index in [9.17, 15) is 8.42 Å². The molecule has 0 aliphatic carbocycles. The first-order valence-electron chi connectivity index (χ1n) is 6.36. The topological polar surface area (TPSA) is 34.1 Å². The number of sulfone groups is 1. The van der Waals surface area contributed by atoms with E-state index in [2.05, 4.69) is 0 Å². The first kappa shape index (κ1) is 13.8. The van der Waals surface area contributed by atoms with Crippen LogP contribution in [-0.4, -0.2) is 14.2 Å². The minimum absolute atomic E-state index is 0.131. The second kappa shape index (κ2) is 6.02. The summed E-state index contributed by atoms with van der Waals surface area (Å²) in [7, 11) is -3.06. The minimum atomic E-state index is -3.06. The summed E-state index contributed by atoms with van der Waals surface area (Å²) in [5, 5.41) is 0. The molecule has 19 heavy (non-hydrogen) atoms. The molecule has 2 nitrogen and oxygen atoms in total. The lowest BCUT2D eigenvalue weighted by molar-refractivity contribution is 0.594. The molecule has 100 valence electrons. The monoisotopic (exact) mass is 274 g/mol. The van der Waals surface area contributed by atoms with Crippen LogP contribution < -0.4 is 0 Å². The van der Waals surface area contributed by atoms with Gasteiger partial charge in [0, 0.05) is 0 Å². The number of hydrogen-bond acceptors (Lipinski definition) is 2. The minimum Gasteiger partial charge on any atom is -0.228 e. The fourth-order valence-electron chi connectivity index (χ4n) is 2.00. The van der Waals surface area contributed by atoms with Crippen molar-refractivity contribution in [3.63, 3.8) is 0 Å². The van der Waals surface area contributed by atoms with Gasteiger partial charge in [-0.3, -0.25) is 0 Å². The molecule has 0 heterocycles. The summed E-state index contributed by atoms with van der Waals surface area (Å²) in [4.78, 5) is 0. The molecule has 3 heteroatoms. The summed E-state index contributed by atoms with van der Waals surface area (Å²) in [5.74, 6) is 0.331. The number of rotatable bonds is 5. The third-order valence-corrected chi connectivity index (χ3v) is 4.76. The first-order valence-corrected chi connectivity index (χ1v) is 8.18. The lowest BCUT2D eigenvalue weighted by atomic mass is 10.1. The molecule has 0 unspecified atom stereocenters. The molecule has 2 rings (SSSR count). The Kier molecular flexibility index (Phi) is 4.38. The van der Waals surface area contributed by atoms with E-state index in [0.29, 0.717) is 6.42 Å². The molecule has 0 aliphatic rings. The number of benzene rings is 2. The van der Waals surface area contributed by atoms with E-state index in [4.69, 9.17) is 0 Å². The lowest BCUT2D eigenvalue weighted by Gasteiger charge is -2.07. The Morgan fingerprint density at radius 3 is 2.21 bits per heavy atom. The van der Waals surface area contributed by atoms with Gasteiger partial charge in [-0.05, 0) is 30.0 Å². The Labute approximate surface area is 115 Å². The molecule has 0 aromatic heterocycles. The van der Waals surface area contributed by atoms with E-state index in [1.165, 1.54) is 0 Å². The number of hydrogen-bond donors (Lipinski definition) is 0. The van der Waals surface area contributed by atoms with Crippen molar-refractivity contribution < 1.29 is 8.42 Å². The second-order valence-corrected chi connectivity index (χ2v) is 6.94. The van der Waals surface area contributed by atoms with Gasteiger partial charge in [0.2, 0.25) is 0 Å². The van der Waals surface area contributed by atoms with Gasteiger partial charge in [0.15, 0.2) is 9.84 Å². The predicted octanol–water partition coefficient (Wildman–Crippen LogP) is 3.15. The molecule has 0 amide bonds. The van der Waals surface area contributed by atoms with Gasteiger partial charge in [-0.25, -0.2) is 8.42 Å². The fraction of sp³-hybridized carbons (Fsp3) is 0.250. The maximum Gasteiger partial charge on any atom is 0.154 e. The molecule has 0 N–H and O–H groups in total. The SMILES string of the molecule is Cc1ccccc1CS(=O)(=O)CCc1ccccc1. The molecular formula is C16H18O2S. The van der Waals surface area contributed by atoms with Crippen LogP contribution >= 0.6 is 0 Å². The lowest BCUT2D eigenvalue weighted by Crippen LogP contribution is -2.12. The third kappa shape index (κ3) is 4.21. The molecule has 0 saturated carbocycles. The Hall–Kier alpha value is -1.61. The van der Waals surface area contributed by atoms with Crippen LogP contribution in [-0.2, 0) is 22.0 Å². The fourth-order valence-corrected chi connectivity index (χ4v) is 3.49. The average molecular weight is 274 g/mol. The van der Waals surface area contributed by atoms with Crippen molar-refractivity contribution in [2.75, 3.05) is 5.75 Å². The zero-order valence-corrected chi connectivity index (χ0v) is 11.9. The van der Waals surface area contributed by atoms with E-state index in [1.54, 1.807) is 0 Å². The summed E-state index contributed by atoms with van der Waals surface area (Å²) in [6.45, 7) is 1.95. The normalized spacial score (nSPS) is 11.4. The molecular weight excluding hydrogens is 256 g/mol. The van der Waals surface area contributed by atoms with Crippen LogP contribution in [0, 0.1) is 6.92 Å². The maximum atomic E-state index is 12.1. The summed E-state index contributed by atoms with van der Waals surface area (Å²) in [6.07, 6.45) is 0.578. The Balaban J connectivity index is 2.02. The quantitative estimate of drug-likeness (QED) is 0.839. The van der Waals surface area contributed by atoms with Gasteiger partial charge in [0.05, 0.1) is 11.5 Å². The highest BCUT2D eigenvalue weighted by Crippen LogP contribution is 2.13. The van der Waals surface area contributed by atoms with E-state index in [1.807, 2.05) is 61.5 Å². The Morgan fingerprint density at radius 1 is 0.895 bits per heavy atom. The molecule has 0 spiro atoms. The highest BCUT2D eigenvalue weighted by molar-refractivity contribution is 7.90. The van der Waals surface area contributed by atoms with Crippen molar-refractivity contribution in [3.8, 4) is 0 Å². The van der Waals surface area contributed by atoms with Gasteiger partial charge < -0.3 is 0 Å². The highest BCUT2D eigenvalue weighted by atomic mass is 32.2. The van der Waals surface area contributed by atoms with Crippen molar-refractivity contribution in [2.45, 2.75) is 19.1 Å². The predicted molar refractivity (Wildman–Crippen MR) is 78.8 cm³/mol.